The summed E-state index contributed by atoms with van der Waals surface area (Å²) in [6, 6.07) is 8.57. The van der Waals surface area contributed by atoms with E-state index in [0.717, 1.165) is 31.6 Å². The van der Waals surface area contributed by atoms with E-state index < -0.39 is 21.9 Å². The molecule has 0 saturated carbocycles. The van der Waals surface area contributed by atoms with Crippen molar-refractivity contribution in [3.63, 3.8) is 0 Å². The molecular weight excluding hydrogens is 330 g/mol. The smallest absolute Gasteiger partial charge is 0.312 e. The molecule has 0 spiro atoms. The van der Waals surface area contributed by atoms with Crippen molar-refractivity contribution in [3.05, 3.63) is 47.9 Å². The Hall–Kier alpha value is -2.19. The Morgan fingerprint density at radius 3 is 2.71 bits per heavy atom. The number of hydrogen-bond acceptors (Lipinski definition) is 4. The van der Waals surface area contributed by atoms with Gasteiger partial charge in [0.15, 0.2) is 5.03 Å². The number of benzene rings is 1. The summed E-state index contributed by atoms with van der Waals surface area (Å²) in [5, 5.41) is 9.33. The fraction of sp³-hybridized carbons (Fsp3) is 0.375. The van der Waals surface area contributed by atoms with Crippen LogP contribution in [-0.2, 0) is 27.8 Å². The highest BCUT2D eigenvalue weighted by molar-refractivity contribution is 7.89. The van der Waals surface area contributed by atoms with Crippen molar-refractivity contribution in [2.24, 2.45) is 0 Å². The van der Waals surface area contributed by atoms with Gasteiger partial charge in [0.25, 0.3) is 10.0 Å². The molecule has 0 radical (unpaired) electrons. The maximum Gasteiger partial charge on any atom is 0.312 e. The number of sulfonamides is 1. The van der Waals surface area contributed by atoms with Gasteiger partial charge in [-0.15, -0.1) is 0 Å². The number of carboxylic acids is 1. The average molecular weight is 349 g/mol. The molecule has 1 atom stereocenters. The van der Waals surface area contributed by atoms with Crippen molar-refractivity contribution >= 4 is 16.0 Å². The van der Waals surface area contributed by atoms with Gasteiger partial charge in [0.2, 0.25) is 0 Å². The number of imidazole rings is 1. The summed E-state index contributed by atoms with van der Waals surface area (Å²) >= 11 is 0. The summed E-state index contributed by atoms with van der Waals surface area (Å²) < 4.78 is 29.1. The number of aliphatic carboxylic acids is 1. The zero-order valence-electron chi connectivity index (χ0n) is 13.1. The van der Waals surface area contributed by atoms with Crippen LogP contribution in [0, 0.1) is 0 Å². The van der Waals surface area contributed by atoms with Crippen LogP contribution in [0.15, 0.2) is 41.6 Å². The average Bonchev–Trinajstić information content (AvgIpc) is 3.00. The molecule has 128 valence electrons. The number of aryl methyl sites for hydroxylation is 2. The SMILES string of the molecule is O=C(O)C(CNS(=O)(=O)c1cn2c(n1)CCCC2)c1ccccc1. The lowest BCUT2D eigenvalue weighted by Gasteiger charge is -2.13. The maximum atomic E-state index is 12.4. The Labute approximate surface area is 140 Å². The summed E-state index contributed by atoms with van der Waals surface area (Å²) in [5.41, 5.74) is 0.553. The van der Waals surface area contributed by atoms with Gasteiger partial charge in [0, 0.05) is 25.7 Å². The Morgan fingerprint density at radius 2 is 2.04 bits per heavy atom. The molecule has 1 aromatic carbocycles. The number of fused-ring (bicyclic) bond motifs is 1. The minimum Gasteiger partial charge on any atom is -0.481 e. The summed E-state index contributed by atoms with van der Waals surface area (Å²) in [6.07, 6.45) is 4.29. The van der Waals surface area contributed by atoms with Crippen molar-refractivity contribution < 1.29 is 18.3 Å². The topological polar surface area (TPSA) is 101 Å². The number of aromatic nitrogens is 2. The molecule has 8 heteroatoms. The molecule has 1 aliphatic heterocycles. The highest BCUT2D eigenvalue weighted by Gasteiger charge is 2.26. The van der Waals surface area contributed by atoms with Crippen LogP contribution in [0.1, 0.15) is 30.1 Å². The fourth-order valence-corrected chi connectivity index (χ4v) is 3.84. The van der Waals surface area contributed by atoms with Gasteiger partial charge in [-0.05, 0) is 18.4 Å². The molecule has 0 saturated heterocycles. The van der Waals surface area contributed by atoms with E-state index in [0.29, 0.717) is 5.56 Å². The van der Waals surface area contributed by atoms with Crippen LogP contribution in [-0.4, -0.2) is 35.6 Å². The van der Waals surface area contributed by atoms with E-state index in [1.807, 2.05) is 4.57 Å². The lowest BCUT2D eigenvalue weighted by atomic mass is 10.00. The van der Waals surface area contributed by atoms with Crippen molar-refractivity contribution in [2.45, 2.75) is 36.8 Å². The van der Waals surface area contributed by atoms with Crippen LogP contribution >= 0.6 is 0 Å². The minimum atomic E-state index is -3.84. The molecule has 2 aromatic rings. The monoisotopic (exact) mass is 349 g/mol. The largest absolute Gasteiger partial charge is 0.481 e. The molecule has 24 heavy (non-hydrogen) atoms. The van der Waals surface area contributed by atoms with Crippen molar-refractivity contribution in [3.8, 4) is 0 Å². The van der Waals surface area contributed by atoms with E-state index in [9.17, 15) is 18.3 Å². The molecule has 2 N–H and O–H groups in total. The predicted molar refractivity (Wildman–Crippen MR) is 87.2 cm³/mol. The fourth-order valence-electron chi connectivity index (χ4n) is 2.82. The number of carbonyl (C=O) groups is 1. The minimum absolute atomic E-state index is 0.0448. The first-order chi connectivity index (χ1) is 11.5. The van der Waals surface area contributed by atoms with E-state index in [1.165, 1.54) is 6.20 Å². The first kappa shape index (κ1) is 16.7. The molecule has 0 aliphatic carbocycles. The van der Waals surface area contributed by atoms with Crippen molar-refractivity contribution in [1.29, 1.82) is 0 Å². The third-order valence-electron chi connectivity index (χ3n) is 4.14. The zero-order valence-corrected chi connectivity index (χ0v) is 13.9. The molecule has 0 bridgehead atoms. The Kier molecular flexibility index (Phi) is 4.68. The van der Waals surface area contributed by atoms with Gasteiger partial charge in [-0.1, -0.05) is 30.3 Å². The molecule has 7 nitrogen and oxygen atoms in total. The Balaban J connectivity index is 1.76. The van der Waals surface area contributed by atoms with Gasteiger partial charge in [-0.25, -0.2) is 18.1 Å². The van der Waals surface area contributed by atoms with Gasteiger partial charge < -0.3 is 9.67 Å². The van der Waals surface area contributed by atoms with E-state index >= 15 is 0 Å². The second-order valence-electron chi connectivity index (χ2n) is 5.80. The molecule has 0 fully saturated rings. The predicted octanol–water partition coefficient (Wildman–Crippen LogP) is 1.37. The first-order valence-corrected chi connectivity index (χ1v) is 9.29. The lowest BCUT2D eigenvalue weighted by molar-refractivity contribution is -0.138. The van der Waals surface area contributed by atoms with Crippen molar-refractivity contribution in [2.75, 3.05) is 6.54 Å². The van der Waals surface area contributed by atoms with Gasteiger partial charge in [0.1, 0.15) is 5.82 Å². The number of carboxylic acid groups (broad SMARTS) is 1. The summed E-state index contributed by atoms with van der Waals surface area (Å²) in [7, 11) is -3.84. The van der Waals surface area contributed by atoms with Crippen LogP contribution in [0.5, 0.6) is 0 Å². The Bertz CT molecular complexity index is 807. The van der Waals surface area contributed by atoms with Gasteiger partial charge in [-0.2, -0.15) is 0 Å². The normalized spacial score (nSPS) is 15.7. The van der Waals surface area contributed by atoms with Crippen LogP contribution < -0.4 is 4.72 Å². The van der Waals surface area contributed by atoms with Crippen LogP contribution in [0.4, 0.5) is 0 Å². The molecule has 2 heterocycles. The molecule has 1 aliphatic rings. The van der Waals surface area contributed by atoms with E-state index in [2.05, 4.69) is 9.71 Å². The number of nitrogens with zero attached hydrogens (tertiary/aromatic N) is 2. The van der Waals surface area contributed by atoms with Crippen LogP contribution in [0.25, 0.3) is 0 Å². The Morgan fingerprint density at radius 1 is 1.29 bits per heavy atom. The summed E-state index contributed by atoms with van der Waals surface area (Å²) in [5.74, 6) is -1.26. The molecule has 1 aromatic heterocycles. The van der Waals surface area contributed by atoms with E-state index in [4.69, 9.17) is 0 Å². The third-order valence-corrected chi connectivity index (χ3v) is 5.43. The maximum absolute atomic E-state index is 12.4. The van der Waals surface area contributed by atoms with Gasteiger partial charge in [0.05, 0.1) is 5.92 Å². The second-order valence-corrected chi connectivity index (χ2v) is 7.51. The number of hydrogen-bond donors (Lipinski definition) is 2. The summed E-state index contributed by atoms with van der Waals surface area (Å²) in [4.78, 5) is 15.6. The standard InChI is InChI=1S/C16H19N3O4S/c20-16(21)13(12-6-2-1-3-7-12)10-17-24(22,23)15-11-19-9-5-4-8-14(19)18-15/h1-3,6-7,11,13,17H,4-5,8-10H2,(H,20,21). The first-order valence-electron chi connectivity index (χ1n) is 7.81. The molecular formula is C16H19N3O4S. The lowest BCUT2D eigenvalue weighted by Crippen LogP contribution is -2.32. The molecule has 1 unspecified atom stereocenters. The molecule has 3 rings (SSSR count). The highest BCUT2D eigenvalue weighted by atomic mass is 32.2. The number of nitrogens with one attached hydrogen (secondary N) is 1. The quantitative estimate of drug-likeness (QED) is 0.820. The van der Waals surface area contributed by atoms with Crippen molar-refractivity contribution in [1.82, 2.24) is 14.3 Å². The molecule has 0 amide bonds. The third kappa shape index (κ3) is 3.49. The van der Waals surface area contributed by atoms with Crippen LogP contribution in [0.3, 0.4) is 0 Å². The summed E-state index contributed by atoms with van der Waals surface area (Å²) in [6.45, 7) is 0.545. The highest BCUT2D eigenvalue weighted by Crippen LogP contribution is 2.19. The van der Waals surface area contributed by atoms with Gasteiger partial charge >= 0.3 is 5.97 Å². The second kappa shape index (κ2) is 6.74. The van der Waals surface area contributed by atoms with Gasteiger partial charge in [-0.3, -0.25) is 4.79 Å². The van der Waals surface area contributed by atoms with E-state index in [-0.39, 0.29) is 11.6 Å². The van der Waals surface area contributed by atoms with Crippen LogP contribution in [0.2, 0.25) is 0 Å². The zero-order chi connectivity index (χ0) is 17.2. The van der Waals surface area contributed by atoms with E-state index in [1.54, 1.807) is 30.3 Å². The number of rotatable bonds is 6.